The summed E-state index contributed by atoms with van der Waals surface area (Å²) in [6.45, 7) is 4.27. The summed E-state index contributed by atoms with van der Waals surface area (Å²) in [4.78, 5) is 45.4. The lowest BCUT2D eigenvalue weighted by atomic mass is 9.84. The normalized spacial score (nSPS) is 15.5. The molecule has 1 amide bonds. The molecule has 2 aromatic rings. The molecule has 0 unspecified atom stereocenters. The molecule has 0 aromatic heterocycles. The van der Waals surface area contributed by atoms with E-state index in [9.17, 15) is 14.2 Å². The topological polar surface area (TPSA) is 117 Å². The van der Waals surface area contributed by atoms with Crippen LogP contribution in [0.1, 0.15) is 31.7 Å². The third-order valence-corrected chi connectivity index (χ3v) is 6.52. The Morgan fingerprint density at radius 2 is 1.51 bits per heavy atom. The van der Waals surface area contributed by atoms with Gasteiger partial charge >= 0.3 is 13.8 Å². The third-order valence-electron chi connectivity index (χ3n) is 6.04. The number of hydrogen-bond acceptors (Lipinski definition) is 6. The zero-order valence-electron chi connectivity index (χ0n) is 20.5. The monoisotopic (exact) mass is 506 g/mol. The van der Waals surface area contributed by atoms with Crippen molar-refractivity contribution in [3.8, 4) is 0 Å². The SMILES string of the molecule is CCC(=O)N(c1ccccc1)C1(C(=O)OC)CCN(CCc2ccccc2)CC1.COP(=O)(O)O. The average molecular weight is 507 g/mol. The number of anilines is 1. The Kier molecular flexibility index (Phi) is 11.1. The maximum Gasteiger partial charge on any atom is 0.469 e. The molecule has 10 heteroatoms. The van der Waals surface area contributed by atoms with E-state index in [1.54, 1.807) is 4.90 Å². The molecule has 0 atom stereocenters. The van der Waals surface area contributed by atoms with Crippen molar-refractivity contribution in [2.24, 2.45) is 0 Å². The Labute approximate surface area is 206 Å². The predicted octanol–water partition coefficient (Wildman–Crippen LogP) is 3.41. The van der Waals surface area contributed by atoms with E-state index in [0.717, 1.165) is 38.9 Å². The second-order valence-electron chi connectivity index (χ2n) is 8.19. The number of phosphoric acid groups is 1. The molecule has 2 N–H and O–H groups in total. The Morgan fingerprint density at radius 3 is 1.97 bits per heavy atom. The highest BCUT2D eigenvalue weighted by atomic mass is 31.2. The number of para-hydroxylation sites is 1. The molecule has 0 radical (unpaired) electrons. The van der Waals surface area contributed by atoms with Crippen LogP contribution >= 0.6 is 7.82 Å². The molecule has 1 aliphatic rings. The zero-order valence-corrected chi connectivity index (χ0v) is 21.4. The molecule has 0 spiro atoms. The first-order valence-electron chi connectivity index (χ1n) is 11.5. The maximum atomic E-state index is 13.0. The molecule has 0 saturated carbocycles. The first kappa shape index (κ1) is 28.7. The van der Waals surface area contributed by atoms with E-state index in [2.05, 4.69) is 33.7 Å². The number of carbonyl (C=O) groups excluding carboxylic acids is 2. The zero-order chi connectivity index (χ0) is 25.9. The lowest BCUT2D eigenvalue weighted by Crippen LogP contribution is -2.62. The first-order chi connectivity index (χ1) is 16.7. The lowest BCUT2D eigenvalue weighted by Gasteiger charge is -2.46. The molecule has 1 saturated heterocycles. The van der Waals surface area contributed by atoms with Crippen molar-refractivity contribution in [2.45, 2.75) is 38.1 Å². The van der Waals surface area contributed by atoms with E-state index in [-0.39, 0.29) is 11.9 Å². The van der Waals surface area contributed by atoms with Crippen molar-refractivity contribution in [3.05, 3.63) is 66.2 Å². The number of amides is 1. The summed E-state index contributed by atoms with van der Waals surface area (Å²) in [6.07, 6.45) is 2.44. The highest BCUT2D eigenvalue weighted by Gasteiger charge is 2.49. The van der Waals surface area contributed by atoms with Gasteiger partial charge in [0.1, 0.15) is 5.54 Å². The van der Waals surface area contributed by atoms with E-state index < -0.39 is 13.4 Å². The van der Waals surface area contributed by atoms with Gasteiger partial charge in [0, 0.05) is 38.9 Å². The highest BCUT2D eigenvalue weighted by molar-refractivity contribution is 7.46. The van der Waals surface area contributed by atoms with Crippen LogP contribution in [0.3, 0.4) is 0 Å². The van der Waals surface area contributed by atoms with E-state index in [0.29, 0.717) is 19.3 Å². The molecule has 1 heterocycles. The fraction of sp³-hybridized carbons (Fsp3) is 0.440. The highest BCUT2D eigenvalue weighted by Crippen LogP contribution is 2.35. The summed E-state index contributed by atoms with van der Waals surface area (Å²) in [5, 5.41) is 0. The standard InChI is InChI=1S/C24H30N2O3.CH5O4P/c1-3-22(27)26(21-12-8-5-9-13-21)24(23(28)29-2)15-18-25(19-16-24)17-14-20-10-6-4-7-11-20;1-5-6(2,3)4/h4-13H,3,14-19H2,1-2H3;1H3,(H2,2,3,4). The van der Waals surface area contributed by atoms with Gasteiger partial charge in [-0.15, -0.1) is 0 Å². The van der Waals surface area contributed by atoms with Gasteiger partial charge < -0.3 is 19.4 Å². The number of benzene rings is 2. The van der Waals surface area contributed by atoms with Crippen LogP contribution in [0.5, 0.6) is 0 Å². The Morgan fingerprint density at radius 1 is 1.00 bits per heavy atom. The number of phosphoric ester groups is 1. The summed E-state index contributed by atoms with van der Waals surface area (Å²) >= 11 is 0. The average Bonchev–Trinajstić information content (AvgIpc) is 2.89. The molecule has 2 aromatic carbocycles. The number of rotatable bonds is 8. The summed E-state index contributed by atoms with van der Waals surface area (Å²) in [5.74, 6) is -0.384. The van der Waals surface area contributed by atoms with Crippen LogP contribution < -0.4 is 4.90 Å². The van der Waals surface area contributed by atoms with Gasteiger partial charge in [0.25, 0.3) is 0 Å². The van der Waals surface area contributed by atoms with E-state index in [1.807, 2.05) is 43.3 Å². The van der Waals surface area contributed by atoms with Crippen molar-refractivity contribution in [1.29, 1.82) is 0 Å². The minimum atomic E-state index is -4.15. The smallest absolute Gasteiger partial charge is 0.467 e. The number of ether oxygens (including phenoxy) is 1. The molecule has 1 fully saturated rings. The van der Waals surface area contributed by atoms with Crippen LogP contribution in [0.15, 0.2) is 60.7 Å². The number of esters is 1. The minimum Gasteiger partial charge on any atom is -0.467 e. The van der Waals surface area contributed by atoms with Gasteiger partial charge in [-0.1, -0.05) is 55.5 Å². The van der Waals surface area contributed by atoms with Crippen molar-refractivity contribution in [1.82, 2.24) is 4.90 Å². The molecule has 3 rings (SSSR count). The van der Waals surface area contributed by atoms with Crippen LogP contribution in [0, 0.1) is 0 Å². The lowest BCUT2D eigenvalue weighted by molar-refractivity contribution is -0.151. The van der Waals surface area contributed by atoms with Gasteiger partial charge in [-0.3, -0.25) is 14.2 Å². The number of methoxy groups -OCH3 is 1. The minimum absolute atomic E-state index is 0.0562. The molecule has 192 valence electrons. The van der Waals surface area contributed by atoms with Gasteiger partial charge in [-0.05, 0) is 37.0 Å². The number of nitrogens with zero attached hydrogens (tertiary/aromatic N) is 2. The molecular weight excluding hydrogens is 471 g/mol. The van der Waals surface area contributed by atoms with Gasteiger partial charge in [0.15, 0.2) is 0 Å². The summed E-state index contributed by atoms with van der Waals surface area (Å²) in [6, 6.07) is 19.9. The molecule has 1 aliphatic heterocycles. The van der Waals surface area contributed by atoms with Crippen molar-refractivity contribution in [2.75, 3.05) is 38.8 Å². The van der Waals surface area contributed by atoms with Gasteiger partial charge in [-0.25, -0.2) is 9.36 Å². The van der Waals surface area contributed by atoms with Crippen molar-refractivity contribution >= 4 is 25.4 Å². The quantitative estimate of drug-likeness (QED) is 0.413. The van der Waals surface area contributed by atoms with Crippen LogP contribution in [0.25, 0.3) is 0 Å². The first-order valence-corrected chi connectivity index (χ1v) is 13.0. The van der Waals surface area contributed by atoms with Gasteiger partial charge in [0.05, 0.1) is 7.11 Å². The van der Waals surface area contributed by atoms with E-state index >= 15 is 0 Å². The van der Waals surface area contributed by atoms with E-state index in [1.165, 1.54) is 12.7 Å². The largest absolute Gasteiger partial charge is 0.469 e. The maximum absolute atomic E-state index is 13.0. The molecule has 9 nitrogen and oxygen atoms in total. The molecule has 0 aliphatic carbocycles. The van der Waals surface area contributed by atoms with Crippen LogP contribution in [-0.2, 0) is 29.8 Å². The van der Waals surface area contributed by atoms with Crippen molar-refractivity contribution in [3.63, 3.8) is 0 Å². The molecule has 35 heavy (non-hydrogen) atoms. The third kappa shape index (κ3) is 8.26. The van der Waals surface area contributed by atoms with Crippen molar-refractivity contribution < 1.29 is 33.2 Å². The molecule has 0 bridgehead atoms. The van der Waals surface area contributed by atoms with Gasteiger partial charge in [-0.2, -0.15) is 0 Å². The number of carbonyl (C=O) groups is 2. The van der Waals surface area contributed by atoms with Crippen LogP contribution in [0.2, 0.25) is 0 Å². The van der Waals surface area contributed by atoms with Gasteiger partial charge in [0.2, 0.25) is 5.91 Å². The van der Waals surface area contributed by atoms with Crippen LogP contribution in [-0.4, -0.2) is 66.0 Å². The summed E-state index contributed by atoms with van der Waals surface area (Å²) in [7, 11) is -1.79. The fourth-order valence-electron chi connectivity index (χ4n) is 4.15. The Bertz CT molecular complexity index is 974. The van der Waals surface area contributed by atoms with Crippen LogP contribution in [0.4, 0.5) is 5.69 Å². The fourth-order valence-corrected chi connectivity index (χ4v) is 4.15. The number of piperidine rings is 1. The predicted molar refractivity (Wildman–Crippen MR) is 134 cm³/mol. The summed E-state index contributed by atoms with van der Waals surface area (Å²) < 4.78 is 18.3. The van der Waals surface area contributed by atoms with E-state index in [4.69, 9.17) is 14.5 Å². The number of hydrogen-bond donors (Lipinski definition) is 2. The summed E-state index contributed by atoms with van der Waals surface area (Å²) in [5.41, 5.74) is 1.11. The second-order valence-corrected chi connectivity index (χ2v) is 9.54. The molecular formula is C25H35N2O7P. The number of likely N-dealkylation sites (tertiary alicyclic amines) is 1. The Hall–Kier alpha value is -2.55. The second kappa shape index (κ2) is 13.5. The Balaban J connectivity index is 0.000000641.